The van der Waals surface area contributed by atoms with Crippen LogP contribution in [0.1, 0.15) is 33.6 Å². The molecule has 0 fully saturated rings. The second-order valence-corrected chi connectivity index (χ2v) is 7.72. The molecule has 1 aliphatic rings. The van der Waals surface area contributed by atoms with Gasteiger partial charge in [-0.25, -0.2) is 18.6 Å². The molecule has 0 radical (unpaired) electrons. The van der Waals surface area contributed by atoms with E-state index in [1.165, 1.54) is 10.8 Å². The molecule has 2 N–H and O–H groups in total. The molecule has 2 aromatic carbocycles. The number of aryl methyl sites for hydroxylation is 2. The summed E-state index contributed by atoms with van der Waals surface area (Å²) in [6.45, 7) is -0.165. The number of fused-ring (bicyclic) bond motifs is 2. The molecule has 4 aromatic rings. The van der Waals surface area contributed by atoms with E-state index in [2.05, 4.69) is 4.98 Å². The van der Waals surface area contributed by atoms with E-state index in [9.17, 15) is 23.8 Å². The summed E-state index contributed by atoms with van der Waals surface area (Å²) < 4.78 is 29.7. The van der Waals surface area contributed by atoms with E-state index in [0.717, 1.165) is 48.6 Å². The number of pyridine rings is 1. The molecule has 0 bridgehead atoms. The van der Waals surface area contributed by atoms with Gasteiger partial charge in [0.1, 0.15) is 17.3 Å². The predicted octanol–water partition coefficient (Wildman–Crippen LogP) is 4.92. The number of carbonyl (C=O) groups is 1. The molecule has 5 rings (SSSR count). The molecule has 0 amide bonds. The van der Waals surface area contributed by atoms with Crippen molar-refractivity contribution in [2.24, 2.45) is 0 Å². The number of aromatic nitrogens is 2. The Hall–Kier alpha value is -3.74. The molecule has 7 heteroatoms. The van der Waals surface area contributed by atoms with Crippen molar-refractivity contribution in [3.05, 3.63) is 82.7 Å². The summed E-state index contributed by atoms with van der Waals surface area (Å²) in [5, 5.41) is 21.1. The van der Waals surface area contributed by atoms with E-state index in [4.69, 9.17) is 0 Å². The fourth-order valence-electron chi connectivity index (χ4n) is 4.50. The van der Waals surface area contributed by atoms with Crippen molar-refractivity contribution in [3.8, 4) is 17.0 Å². The minimum atomic E-state index is -1.23. The van der Waals surface area contributed by atoms with Gasteiger partial charge in [0.05, 0.1) is 6.54 Å². The van der Waals surface area contributed by atoms with Gasteiger partial charge in [0, 0.05) is 33.8 Å². The Bertz CT molecular complexity index is 1360. The fourth-order valence-corrected chi connectivity index (χ4v) is 4.50. The quantitative estimate of drug-likeness (QED) is 0.491. The molecule has 0 saturated heterocycles. The Morgan fingerprint density at radius 3 is 2.61 bits per heavy atom. The summed E-state index contributed by atoms with van der Waals surface area (Å²) in [6, 6.07) is 10.2. The van der Waals surface area contributed by atoms with E-state index < -0.39 is 17.6 Å². The van der Waals surface area contributed by atoms with Crippen molar-refractivity contribution in [1.82, 2.24) is 9.55 Å². The number of nitrogens with zero attached hydrogens (tertiary/aromatic N) is 2. The number of hydrogen-bond acceptors (Lipinski definition) is 3. The highest BCUT2D eigenvalue weighted by molar-refractivity contribution is 6.09. The van der Waals surface area contributed by atoms with Gasteiger partial charge in [-0.15, -0.1) is 0 Å². The van der Waals surface area contributed by atoms with Crippen molar-refractivity contribution < 1.29 is 23.8 Å². The normalized spacial score (nSPS) is 13.0. The summed E-state index contributed by atoms with van der Waals surface area (Å²) in [6.07, 6.45) is 4.18. The summed E-state index contributed by atoms with van der Waals surface area (Å²) in [5.41, 5.74) is 3.38. The highest BCUT2D eigenvalue weighted by atomic mass is 19.1. The molecular weight excluding hydrogens is 402 g/mol. The molecule has 31 heavy (non-hydrogen) atoms. The van der Waals surface area contributed by atoms with E-state index in [-0.39, 0.29) is 29.2 Å². The Balaban J connectivity index is 1.86. The van der Waals surface area contributed by atoms with Crippen LogP contribution in [0.3, 0.4) is 0 Å². The predicted molar refractivity (Wildman–Crippen MR) is 111 cm³/mol. The molecule has 0 saturated carbocycles. The monoisotopic (exact) mass is 420 g/mol. The number of aromatic hydroxyl groups is 1. The first-order chi connectivity index (χ1) is 14.9. The SMILES string of the molecule is O=C(O)c1c(-c2cccnc2O)c2cc3c(cc2n1Cc1cc(F)ccc1F)CCC3. The average molecular weight is 420 g/mol. The van der Waals surface area contributed by atoms with Gasteiger partial charge in [0.25, 0.3) is 0 Å². The number of benzene rings is 2. The van der Waals surface area contributed by atoms with Crippen LogP contribution in [-0.4, -0.2) is 25.7 Å². The zero-order valence-electron chi connectivity index (χ0n) is 16.4. The summed E-state index contributed by atoms with van der Waals surface area (Å²) in [7, 11) is 0. The van der Waals surface area contributed by atoms with Crippen molar-refractivity contribution in [2.75, 3.05) is 0 Å². The van der Waals surface area contributed by atoms with E-state index in [1.807, 2.05) is 12.1 Å². The molecule has 2 heterocycles. The van der Waals surface area contributed by atoms with Crippen LogP contribution < -0.4 is 0 Å². The van der Waals surface area contributed by atoms with Gasteiger partial charge < -0.3 is 14.8 Å². The third-order valence-corrected chi connectivity index (χ3v) is 5.87. The highest BCUT2D eigenvalue weighted by Gasteiger charge is 2.28. The first-order valence-corrected chi connectivity index (χ1v) is 9.93. The Morgan fingerprint density at radius 2 is 1.87 bits per heavy atom. The van der Waals surface area contributed by atoms with Crippen LogP contribution in [-0.2, 0) is 19.4 Å². The lowest BCUT2D eigenvalue weighted by atomic mass is 10.00. The van der Waals surface area contributed by atoms with Crippen molar-refractivity contribution in [1.29, 1.82) is 0 Å². The second-order valence-electron chi connectivity index (χ2n) is 7.72. The first-order valence-electron chi connectivity index (χ1n) is 9.93. The lowest BCUT2D eigenvalue weighted by Gasteiger charge is -2.11. The number of hydrogen-bond donors (Lipinski definition) is 2. The number of carboxylic acid groups (broad SMARTS) is 1. The van der Waals surface area contributed by atoms with Gasteiger partial charge in [-0.3, -0.25) is 0 Å². The van der Waals surface area contributed by atoms with Gasteiger partial charge in [-0.05, 0) is 72.9 Å². The molecule has 0 atom stereocenters. The first kappa shape index (κ1) is 19.2. The smallest absolute Gasteiger partial charge is 0.353 e. The zero-order chi connectivity index (χ0) is 21.7. The van der Waals surface area contributed by atoms with Crippen LogP contribution in [0, 0.1) is 11.6 Å². The van der Waals surface area contributed by atoms with E-state index >= 15 is 0 Å². The third-order valence-electron chi connectivity index (χ3n) is 5.87. The minimum Gasteiger partial charge on any atom is -0.493 e. The van der Waals surface area contributed by atoms with Crippen molar-refractivity contribution in [2.45, 2.75) is 25.8 Å². The molecular formula is C24H18F2N2O3. The Morgan fingerprint density at radius 1 is 1.10 bits per heavy atom. The lowest BCUT2D eigenvalue weighted by molar-refractivity contribution is 0.0687. The summed E-state index contributed by atoms with van der Waals surface area (Å²) in [5.74, 6) is -2.74. The van der Waals surface area contributed by atoms with Crippen LogP contribution in [0.15, 0.2) is 48.7 Å². The molecule has 0 aliphatic heterocycles. The van der Waals surface area contributed by atoms with E-state index in [1.54, 1.807) is 12.1 Å². The van der Waals surface area contributed by atoms with E-state index in [0.29, 0.717) is 16.5 Å². The van der Waals surface area contributed by atoms with Crippen LogP contribution in [0.4, 0.5) is 8.78 Å². The number of rotatable bonds is 4. The minimum absolute atomic E-state index is 0.0434. The van der Waals surface area contributed by atoms with Crippen molar-refractivity contribution in [3.63, 3.8) is 0 Å². The maximum absolute atomic E-state index is 14.4. The molecule has 5 nitrogen and oxygen atoms in total. The maximum atomic E-state index is 14.4. The zero-order valence-corrected chi connectivity index (χ0v) is 16.4. The summed E-state index contributed by atoms with van der Waals surface area (Å²) >= 11 is 0. The van der Waals surface area contributed by atoms with Crippen LogP contribution in [0.2, 0.25) is 0 Å². The van der Waals surface area contributed by atoms with Crippen molar-refractivity contribution >= 4 is 16.9 Å². The average Bonchev–Trinajstić information content (AvgIpc) is 3.32. The number of carboxylic acids is 1. The third kappa shape index (κ3) is 3.13. The second kappa shape index (κ2) is 7.19. The molecule has 0 unspecified atom stereocenters. The van der Waals surface area contributed by atoms with Gasteiger partial charge in [0.2, 0.25) is 5.88 Å². The largest absolute Gasteiger partial charge is 0.493 e. The topological polar surface area (TPSA) is 75.3 Å². The van der Waals surface area contributed by atoms with Gasteiger partial charge >= 0.3 is 5.97 Å². The molecule has 1 aliphatic carbocycles. The maximum Gasteiger partial charge on any atom is 0.353 e. The molecule has 2 aromatic heterocycles. The van der Waals surface area contributed by atoms with Gasteiger partial charge in [0.15, 0.2) is 0 Å². The van der Waals surface area contributed by atoms with Crippen LogP contribution in [0.25, 0.3) is 22.0 Å². The Kier molecular flexibility index (Phi) is 4.46. The van der Waals surface area contributed by atoms with Gasteiger partial charge in [-0.2, -0.15) is 0 Å². The Labute approximate surface area is 176 Å². The number of aromatic carboxylic acids is 1. The number of halogens is 2. The van der Waals surface area contributed by atoms with Crippen LogP contribution >= 0.6 is 0 Å². The molecule has 156 valence electrons. The summed E-state index contributed by atoms with van der Waals surface area (Å²) in [4.78, 5) is 16.3. The van der Waals surface area contributed by atoms with Crippen LogP contribution in [0.5, 0.6) is 5.88 Å². The lowest BCUT2D eigenvalue weighted by Crippen LogP contribution is -2.12. The van der Waals surface area contributed by atoms with Gasteiger partial charge in [-0.1, -0.05) is 0 Å². The standard InChI is InChI=1S/C24H18F2N2O3/c25-16-6-7-19(26)15(9-16)12-28-20-11-14-4-1-3-13(14)10-18(20)21(22(28)24(30)31)17-5-2-8-27-23(17)29/h2,5-11H,1,3-4,12H2,(H,27,29)(H,30,31). The molecule has 0 spiro atoms. The fraction of sp³-hybridized carbons (Fsp3) is 0.167. The highest BCUT2D eigenvalue weighted by Crippen LogP contribution is 2.41.